The molecule has 1 heterocycles. The molecule has 1 N–H and O–H groups in total. The molecule has 4 heteroatoms. The van der Waals surface area contributed by atoms with Gasteiger partial charge in [-0.1, -0.05) is 19.3 Å². The van der Waals surface area contributed by atoms with E-state index < -0.39 is 5.97 Å². The first-order chi connectivity index (χ1) is 8.74. The smallest absolute Gasteiger partial charge is 0.335 e. The van der Waals surface area contributed by atoms with Crippen molar-refractivity contribution in [3.8, 4) is 0 Å². The Bertz CT molecular complexity index is 584. The fourth-order valence-electron chi connectivity index (χ4n) is 2.48. The van der Waals surface area contributed by atoms with Crippen LogP contribution >= 0.6 is 0 Å². The number of hydrogen-bond acceptors (Lipinski definition) is 2. The number of carbonyl (C=O) groups is 1. The van der Waals surface area contributed by atoms with E-state index in [9.17, 15) is 4.79 Å². The summed E-state index contributed by atoms with van der Waals surface area (Å²) in [6.07, 6.45) is 7.10. The summed E-state index contributed by atoms with van der Waals surface area (Å²) in [6, 6.07) is 5.14. The fraction of sp³-hybridized carbons (Fsp3) is 0.429. The Labute approximate surface area is 105 Å². The largest absolute Gasteiger partial charge is 0.478 e. The molecule has 1 saturated carbocycles. The molecule has 0 spiro atoms. The number of aromatic carboxylic acids is 1. The van der Waals surface area contributed by atoms with Crippen molar-refractivity contribution in [2.75, 3.05) is 0 Å². The molecule has 0 unspecified atom stereocenters. The van der Waals surface area contributed by atoms with E-state index in [-0.39, 0.29) is 0 Å². The number of carboxylic acids is 1. The highest BCUT2D eigenvalue weighted by Crippen LogP contribution is 2.30. The van der Waals surface area contributed by atoms with Gasteiger partial charge in [-0.3, -0.25) is 0 Å². The molecule has 1 aromatic heterocycles. The van der Waals surface area contributed by atoms with Crippen molar-refractivity contribution in [3.05, 3.63) is 30.1 Å². The van der Waals surface area contributed by atoms with E-state index >= 15 is 0 Å². The highest BCUT2D eigenvalue weighted by atomic mass is 16.4. The van der Waals surface area contributed by atoms with Crippen LogP contribution in [-0.2, 0) is 6.54 Å². The molecule has 2 aromatic rings. The third-order valence-corrected chi connectivity index (χ3v) is 3.87. The molecule has 0 atom stereocenters. The summed E-state index contributed by atoms with van der Waals surface area (Å²) in [4.78, 5) is 15.2. The molecule has 0 amide bonds. The SMILES string of the molecule is O=C(O)c1ccc2c(c1)ncn2CCC1CCC1. The van der Waals surface area contributed by atoms with E-state index in [2.05, 4.69) is 9.55 Å². The van der Waals surface area contributed by atoms with Gasteiger partial charge in [-0.2, -0.15) is 0 Å². The van der Waals surface area contributed by atoms with Crippen LogP contribution < -0.4 is 0 Å². The van der Waals surface area contributed by atoms with Gasteiger partial charge >= 0.3 is 5.97 Å². The number of imidazole rings is 1. The van der Waals surface area contributed by atoms with Crippen LogP contribution in [0.15, 0.2) is 24.5 Å². The van der Waals surface area contributed by atoms with Crippen LogP contribution in [0.1, 0.15) is 36.0 Å². The molecule has 0 saturated heterocycles. The molecule has 94 valence electrons. The van der Waals surface area contributed by atoms with E-state index in [0.717, 1.165) is 23.5 Å². The van der Waals surface area contributed by atoms with Crippen LogP contribution in [-0.4, -0.2) is 20.6 Å². The first kappa shape index (κ1) is 11.3. The topological polar surface area (TPSA) is 55.1 Å². The number of benzene rings is 1. The van der Waals surface area contributed by atoms with Crippen molar-refractivity contribution in [1.29, 1.82) is 0 Å². The van der Waals surface area contributed by atoms with Gasteiger partial charge in [0.25, 0.3) is 0 Å². The maximum atomic E-state index is 10.9. The predicted molar refractivity (Wildman–Crippen MR) is 68.7 cm³/mol. The molecule has 1 aliphatic rings. The minimum atomic E-state index is -0.902. The first-order valence-corrected chi connectivity index (χ1v) is 6.42. The van der Waals surface area contributed by atoms with E-state index in [4.69, 9.17) is 5.11 Å². The number of aromatic nitrogens is 2. The predicted octanol–water partition coefficient (Wildman–Crippen LogP) is 2.92. The standard InChI is InChI=1S/C14H16N2O2/c17-14(18)11-4-5-13-12(8-11)15-9-16(13)7-6-10-2-1-3-10/h4-5,8-10H,1-3,6-7H2,(H,17,18). The van der Waals surface area contributed by atoms with Crippen LogP contribution in [0.4, 0.5) is 0 Å². The van der Waals surface area contributed by atoms with Gasteiger partial charge < -0.3 is 9.67 Å². The number of fused-ring (bicyclic) bond motifs is 1. The number of nitrogens with zero attached hydrogens (tertiary/aromatic N) is 2. The second kappa shape index (κ2) is 4.44. The van der Waals surface area contributed by atoms with Gasteiger partial charge in [0.2, 0.25) is 0 Å². The minimum Gasteiger partial charge on any atom is -0.478 e. The summed E-state index contributed by atoms with van der Waals surface area (Å²) in [6.45, 7) is 0.980. The lowest BCUT2D eigenvalue weighted by atomic mass is 9.83. The molecule has 4 nitrogen and oxygen atoms in total. The normalized spacial score (nSPS) is 15.8. The average Bonchev–Trinajstić information content (AvgIpc) is 2.69. The third-order valence-electron chi connectivity index (χ3n) is 3.87. The lowest BCUT2D eigenvalue weighted by Gasteiger charge is -2.25. The van der Waals surface area contributed by atoms with Gasteiger partial charge in [-0.15, -0.1) is 0 Å². The molecule has 1 fully saturated rings. The Morgan fingerprint density at radius 1 is 1.44 bits per heavy atom. The van der Waals surface area contributed by atoms with Crippen LogP contribution in [0, 0.1) is 5.92 Å². The molecule has 18 heavy (non-hydrogen) atoms. The average molecular weight is 244 g/mol. The Morgan fingerprint density at radius 3 is 2.94 bits per heavy atom. The molecule has 0 aliphatic heterocycles. The highest BCUT2D eigenvalue weighted by Gasteiger charge is 2.17. The van der Waals surface area contributed by atoms with Crippen molar-refractivity contribution >= 4 is 17.0 Å². The molecule has 0 radical (unpaired) electrons. The van der Waals surface area contributed by atoms with Gasteiger partial charge in [-0.05, 0) is 30.5 Å². The Kier molecular flexibility index (Phi) is 2.78. The van der Waals surface area contributed by atoms with E-state index in [1.807, 2.05) is 12.4 Å². The summed E-state index contributed by atoms with van der Waals surface area (Å²) < 4.78 is 2.12. The zero-order valence-electron chi connectivity index (χ0n) is 10.2. The van der Waals surface area contributed by atoms with Gasteiger partial charge in [0, 0.05) is 6.54 Å². The van der Waals surface area contributed by atoms with E-state index in [1.165, 1.54) is 25.7 Å². The van der Waals surface area contributed by atoms with Crippen molar-refractivity contribution in [2.24, 2.45) is 5.92 Å². The number of rotatable bonds is 4. The molecular weight excluding hydrogens is 228 g/mol. The fourth-order valence-corrected chi connectivity index (χ4v) is 2.48. The Hall–Kier alpha value is -1.84. The number of hydrogen-bond donors (Lipinski definition) is 1. The number of aryl methyl sites for hydroxylation is 1. The highest BCUT2D eigenvalue weighted by molar-refractivity contribution is 5.92. The molecule has 1 aliphatic carbocycles. The number of carboxylic acid groups (broad SMARTS) is 1. The monoisotopic (exact) mass is 244 g/mol. The maximum absolute atomic E-state index is 10.9. The van der Waals surface area contributed by atoms with Crippen LogP contribution in [0.3, 0.4) is 0 Å². The van der Waals surface area contributed by atoms with E-state index in [0.29, 0.717) is 5.56 Å². The second-order valence-corrected chi connectivity index (χ2v) is 5.03. The quantitative estimate of drug-likeness (QED) is 0.899. The lowest BCUT2D eigenvalue weighted by molar-refractivity contribution is 0.0697. The van der Waals surface area contributed by atoms with Crippen molar-refractivity contribution in [1.82, 2.24) is 9.55 Å². The first-order valence-electron chi connectivity index (χ1n) is 6.42. The van der Waals surface area contributed by atoms with Gasteiger partial charge in [0.05, 0.1) is 22.9 Å². The lowest BCUT2D eigenvalue weighted by Crippen LogP contribution is -2.13. The third kappa shape index (κ3) is 1.98. The molecule has 1 aromatic carbocycles. The van der Waals surface area contributed by atoms with Crippen molar-refractivity contribution in [2.45, 2.75) is 32.2 Å². The van der Waals surface area contributed by atoms with Crippen LogP contribution in [0.5, 0.6) is 0 Å². The van der Waals surface area contributed by atoms with Crippen molar-refractivity contribution < 1.29 is 9.90 Å². The van der Waals surface area contributed by atoms with Crippen molar-refractivity contribution in [3.63, 3.8) is 0 Å². The van der Waals surface area contributed by atoms with Gasteiger partial charge in [0.15, 0.2) is 0 Å². The second-order valence-electron chi connectivity index (χ2n) is 5.03. The zero-order valence-corrected chi connectivity index (χ0v) is 10.2. The Morgan fingerprint density at radius 2 is 2.28 bits per heavy atom. The Balaban J connectivity index is 1.82. The summed E-state index contributed by atoms with van der Waals surface area (Å²) in [5.41, 5.74) is 2.09. The summed E-state index contributed by atoms with van der Waals surface area (Å²) in [5.74, 6) is -0.0262. The van der Waals surface area contributed by atoms with Crippen LogP contribution in [0.25, 0.3) is 11.0 Å². The van der Waals surface area contributed by atoms with Gasteiger partial charge in [-0.25, -0.2) is 9.78 Å². The zero-order chi connectivity index (χ0) is 12.5. The summed E-state index contributed by atoms with van der Waals surface area (Å²) >= 11 is 0. The van der Waals surface area contributed by atoms with E-state index in [1.54, 1.807) is 12.1 Å². The molecule has 0 bridgehead atoms. The maximum Gasteiger partial charge on any atom is 0.335 e. The summed E-state index contributed by atoms with van der Waals surface area (Å²) in [7, 11) is 0. The van der Waals surface area contributed by atoms with Gasteiger partial charge in [0.1, 0.15) is 0 Å². The minimum absolute atomic E-state index is 0.298. The summed E-state index contributed by atoms with van der Waals surface area (Å²) in [5, 5.41) is 8.93. The van der Waals surface area contributed by atoms with Crippen LogP contribution in [0.2, 0.25) is 0 Å². The molecule has 3 rings (SSSR count). The molecular formula is C14H16N2O2.